The van der Waals surface area contributed by atoms with Crippen molar-refractivity contribution >= 4 is 0 Å². The van der Waals surface area contributed by atoms with Crippen LogP contribution in [0.3, 0.4) is 0 Å². The first kappa shape index (κ1) is 10.9. The maximum Gasteiger partial charge on any atom is 0.0641 e. The van der Waals surface area contributed by atoms with Gasteiger partial charge in [-0.15, -0.1) is 0 Å². The van der Waals surface area contributed by atoms with E-state index in [2.05, 4.69) is 0 Å². The van der Waals surface area contributed by atoms with Crippen LogP contribution in [0.2, 0.25) is 0 Å². The third-order valence-electron chi connectivity index (χ3n) is 1.93. The van der Waals surface area contributed by atoms with Gasteiger partial charge in [0.1, 0.15) is 0 Å². The first-order valence-corrected chi connectivity index (χ1v) is 3.96. The van der Waals surface area contributed by atoms with Crippen LogP contribution in [0.15, 0.2) is 0 Å². The molecule has 0 aliphatic heterocycles. The topological polar surface area (TPSA) is 60.7 Å². The Morgan fingerprint density at radius 2 is 1.82 bits per heavy atom. The molecule has 0 amide bonds. The van der Waals surface area contributed by atoms with Crippen molar-refractivity contribution in [3.63, 3.8) is 0 Å². The van der Waals surface area contributed by atoms with Crippen molar-refractivity contribution in [1.82, 2.24) is 0 Å². The SMILES string of the molecule is CC(C)(O)C(CO)CCCO. The number of hydrogen-bond acceptors (Lipinski definition) is 3. The summed E-state index contributed by atoms with van der Waals surface area (Å²) in [6.45, 7) is 3.44. The van der Waals surface area contributed by atoms with E-state index >= 15 is 0 Å². The fourth-order valence-electron chi connectivity index (χ4n) is 1.01. The molecule has 1 atom stereocenters. The van der Waals surface area contributed by atoms with E-state index in [9.17, 15) is 5.11 Å². The van der Waals surface area contributed by atoms with E-state index in [-0.39, 0.29) is 19.1 Å². The monoisotopic (exact) mass is 162 g/mol. The van der Waals surface area contributed by atoms with Gasteiger partial charge in [0.15, 0.2) is 0 Å². The number of rotatable bonds is 5. The molecule has 0 aliphatic rings. The van der Waals surface area contributed by atoms with Gasteiger partial charge in [-0.3, -0.25) is 0 Å². The van der Waals surface area contributed by atoms with Crippen molar-refractivity contribution in [2.75, 3.05) is 13.2 Å². The Hall–Kier alpha value is -0.120. The Kier molecular flexibility index (Phi) is 4.65. The molecule has 0 aromatic rings. The maximum atomic E-state index is 9.46. The van der Waals surface area contributed by atoms with Gasteiger partial charge in [-0.1, -0.05) is 0 Å². The van der Waals surface area contributed by atoms with Gasteiger partial charge in [0.25, 0.3) is 0 Å². The predicted octanol–water partition coefficient (Wildman–Crippen LogP) is 0.138. The van der Waals surface area contributed by atoms with Crippen LogP contribution in [0.5, 0.6) is 0 Å². The van der Waals surface area contributed by atoms with Crippen molar-refractivity contribution in [2.45, 2.75) is 32.3 Å². The minimum atomic E-state index is -0.843. The third-order valence-corrected chi connectivity index (χ3v) is 1.93. The average Bonchev–Trinajstić information content (AvgIpc) is 1.87. The molecule has 0 radical (unpaired) electrons. The standard InChI is InChI=1S/C8H18O3/c1-8(2,11)7(6-10)4-3-5-9/h7,9-11H,3-6H2,1-2H3. The fourth-order valence-corrected chi connectivity index (χ4v) is 1.01. The van der Waals surface area contributed by atoms with Gasteiger partial charge in [-0.25, -0.2) is 0 Å². The molecule has 0 aromatic carbocycles. The first-order valence-electron chi connectivity index (χ1n) is 3.96. The summed E-state index contributed by atoms with van der Waals surface area (Å²) in [4.78, 5) is 0. The summed E-state index contributed by atoms with van der Waals surface area (Å²) >= 11 is 0. The fraction of sp³-hybridized carbons (Fsp3) is 1.00. The summed E-state index contributed by atoms with van der Waals surface area (Å²) in [6.07, 6.45) is 1.30. The van der Waals surface area contributed by atoms with Gasteiger partial charge < -0.3 is 15.3 Å². The Balaban J connectivity index is 3.76. The van der Waals surface area contributed by atoms with Crippen LogP contribution in [0, 0.1) is 5.92 Å². The van der Waals surface area contributed by atoms with E-state index in [1.165, 1.54) is 0 Å². The lowest BCUT2D eigenvalue weighted by atomic mass is 9.88. The van der Waals surface area contributed by atoms with Crippen LogP contribution in [-0.4, -0.2) is 34.1 Å². The molecule has 1 unspecified atom stereocenters. The summed E-state index contributed by atoms with van der Waals surface area (Å²) in [7, 11) is 0. The first-order chi connectivity index (χ1) is 5.02. The second-order valence-corrected chi connectivity index (χ2v) is 3.40. The maximum absolute atomic E-state index is 9.46. The Morgan fingerprint density at radius 3 is 2.09 bits per heavy atom. The molecule has 3 nitrogen and oxygen atoms in total. The molecule has 0 fully saturated rings. The van der Waals surface area contributed by atoms with Gasteiger partial charge in [0, 0.05) is 19.1 Å². The largest absolute Gasteiger partial charge is 0.396 e. The molecule has 0 rings (SSSR count). The summed E-state index contributed by atoms with van der Waals surface area (Å²) in [5, 5.41) is 26.8. The van der Waals surface area contributed by atoms with E-state index in [0.717, 1.165) is 0 Å². The molecule has 3 N–H and O–H groups in total. The molecule has 0 heterocycles. The normalized spacial score (nSPS) is 15.0. The smallest absolute Gasteiger partial charge is 0.0641 e. The van der Waals surface area contributed by atoms with E-state index in [1.807, 2.05) is 0 Å². The molecule has 11 heavy (non-hydrogen) atoms. The van der Waals surface area contributed by atoms with Gasteiger partial charge in [0.05, 0.1) is 5.60 Å². The molecule has 0 saturated carbocycles. The van der Waals surface area contributed by atoms with Crippen LogP contribution in [0.4, 0.5) is 0 Å². The molecule has 0 aliphatic carbocycles. The Morgan fingerprint density at radius 1 is 1.27 bits per heavy atom. The van der Waals surface area contributed by atoms with E-state index in [4.69, 9.17) is 10.2 Å². The number of hydrogen-bond donors (Lipinski definition) is 3. The number of aliphatic hydroxyl groups is 3. The molecule has 0 aromatic heterocycles. The van der Waals surface area contributed by atoms with Gasteiger partial charge >= 0.3 is 0 Å². The third kappa shape index (κ3) is 4.35. The zero-order chi connectivity index (χ0) is 8.91. The zero-order valence-corrected chi connectivity index (χ0v) is 7.25. The summed E-state index contributed by atoms with van der Waals surface area (Å²) in [5.74, 6) is -0.130. The predicted molar refractivity (Wildman–Crippen MR) is 43.2 cm³/mol. The van der Waals surface area contributed by atoms with Crippen LogP contribution in [-0.2, 0) is 0 Å². The van der Waals surface area contributed by atoms with Gasteiger partial charge in [0.2, 0.25) is 0 Å². The Bertz CT molecular complexity index is 96.0. The summed E-state index contributed by atoms with van der Waals surface area (Å²) in [6, 6.07) is 0. The van der Waals surface area contributed by atoms with E-state index < -0.39 is 5.60 Å². The quantitative estimate of drug-likeness (QED) is 0.539. The lowest BCUT2D eigenvalue weighted by molar-refractivity contribution is -0.0144. The van der Waals surface area contributed by atoms with E-state index in [0.29, 0.717) is 12.8 Å². The molecular formula is C8H18O3. The lowest BCUT2D eigenvalue weighted by Crippen LogP contribution is -2.33. The zero-order valence-electron chi connectivity index (χ0n) is 7.25. The highest BCUT2D eigenvalue weighted by molar-refractivity contribution is 4.76. The van der Waals surface area contributed by atoms with Crippen molar-refractivity contribution in [1.29, 1.82) is 0 Å². The minimum absolute atomic E-state index is 0.0243. The molecule has 0 saturated heterocycles. The molecule has 0 bridgehead atoms. The summed E-state index contributed by atoms with van der Waals surface area (Å²) in [5.41, 5.74) is -0.843. The minimum Gasteiger partial charge on any atom is -0.396 e. The van der Waals surface area contributed by atoms with Gasteiger partial charge in [-0.05, 0) is 26.7 Å². The van der Waals surface area contributed by atoms with Crippen LogP contribution in [0.25, 0.3) is 0 Å². The summed E-state index contributed by atoms with van der Waals surface area (Å²) < 4.78 is 0. The molecular weight excluding hydrogens is 144 g/mol. The van der Waals surface area contributed by atoms with Gasteiger partial charge in [-0.2, -0.15) is 0 Å². The highest BCUT2D eigenvalue weighted by atomic mass is 16.3. The van der Waals surface area contributed by atoms with E-state index in [1.54, 1.807) is 13.8 Å². The van der Waals surface area contributed by atoms with Crippen LogP contribution < -0.4 is 0 Å². The van der Waals surface area contributed by atoms with Crippen molar-refractivity contribution in [3.05, 3.63) is 0 Å². The number of aliphatic hydroxyl groups excluding tert-OH is 2. The average molecular weight is 162 g/mol. The van der Waals surface area contributed by atoms with Crippen LogP contribution in [0.1, 0.15) is 26.7 Å². The van der Waals surface area contributed by atoms with Crippen molar-refractivity contribution in [3.8, 4) is 0 Å². The van der Waals surface area contributed by atoms with Crippen molar-refractivity contribution in [2.24, 2.45) is 5.92 Å². The molecule has 3 heteroatoms. The van der Waals surface area contributed by atoms with Crippen LogP contribution >= 0.6 is 0 Å². The molecule has 68 valence electrons. The Labute approximate surface area is 67.7 Å². The highest BCUT2D eigenvalue weighted by Crippen LogP contribution is 2.20. The second-order valence-electron chi connectivity index (χ2n) is 3.40. The second kappa shape index (κ2) is 4.70. The molecule has 0 spiro atoms. The van der Waals surface area contributed by atoms with Crippen molar-refractivity contribution < 1.29 is 15.3 Å². The highest BCUT2D eigenvalue weighted by Gasteiger charge is 2.24. The lowest BCUT2D eigenvalue weighted by Gasteiger charge is -2.27.